The van der Waals surface area contributed by atoms with E-state index in [0.29, 0.717) is 11.3 Å². The molecule has 2 N–H and O–H groups in total. The smallest absolute Gasteiger partial charge is 0.120 e. The van der Waals surface area contributed by atoms with Crippen molar-refractivity contribution >= 4 is 12.4 Å². The lowest BCUT2D eigenvalue weighted by molar-refractivity contribution is 0.145. The van der Waals surface area contributed by atoms with Crippen molar-refractivity contribution < 1.29 is 14.2 Å². The summed E-state index contributed by atoms with van der Waals surface area (Å²) in [7, 11) is 1.56. The maximum Gasteiger partial charge on any atom is 0.120 e. The molecular weight excluding hydrogens is 271 g/mol. The number of phenolic OH excluding ortho intramolecular Hbond substituents is 1. The van der Waals surface area contributed by atoms with Gasteiger partial charge in [0.05, 0.1) is 13.2 Å². The molecular formula is C13H20ClFN2O2. The molecule has 2 rings (SSSR count). The van der Waals surface area contributed by atoms with Crippen molar-refractivity contribution in [3.63, 3.8) is 0 Å². The number of hydrogen-bond donors (Lipinski definition) is 2. The van der Waals surface area contributed by atoms with Crippen LogP contribution < -0.4 is 10.1 Å². The van der Waals surface area contributed by atoms with Gasteiger partial charge in [-0.15, -0.1) is 12.4 Å². The number of nitrogens with one attached hydrogen (secondary N) is 1. The number of hydrogen-bond acceptors (Lipinski definition) is 4. The van der Waals surface area contributed by atoms with Crippen molar-refractivity contribution in [2.75, 3.05) is 40.0 Å². The third kappa shape index (κ3) is 3.72. The average molecular weight is 291 g/mol. The molecule has 1 atom stereocenters. The molecule has 0 bridgehead atoms. The van der Waals surface area contributed by atoms with E-state index in [1.54, 1.807) is 25.3 Å². The van der Waals surface area contributed by atoms with E-state index in [9.17, 15) is 9.50 Å². The molecule has 1 saturated heterocycles. The van der Waals surface area contributed by atoms with E-state index in [1.165, 1.54) is 0 Å². The minimum Gasteiger partial charge on any atom is -0.508 e. The van der Waals surface area contributed by atoms with Gasteiger partial charge < -0.3 is 15.2 Å². The number of methoxy groups -OCH3 is 1. The molecule has 0 unspecified atom stereocenters. The lowest BCUT2D eigenvalue weighted by Gasteiger charge is -2.34. The van der Waals surface area contributed by atoms with Gasteiger partial charge in [0, 0.05) is 31.7 Å². The number of halogens is 2. The topological polar surface area (TPSA) is 44.7 Å². The summed E-state index contributed by atoms with van der Waals surface area (Å²) < 4.78 is 18.5. The summed E-state index contributed by atoms with van der Waals surface area (Å²) in [5, 5.41) is 13.1. The molecule has 0 saturated carbocycles. The number of piperazine rings is 1. The first-order valence-electron chi connectivity index (χ1n) is 6.14. The standard InChI is InChI=1S/C13H19FN2O2.ClH/c1-18-10-2-3-13(17)11(8-10)12(9-14)16-6-4-15-5-7-16;/h2-3,8,12,15,17H,4-7,9H2,1H3;1H/t12-;/m1./s1. The Bertz CT molecular complexity index is 400. The van der Waals surface area contributed by atoms with Gasteiger partial charge in [0.2, 0.25) is 0 Å². The van der Waals surface area contributed by atoms with Crippen LogP contribution in [0.3, 0.4) is 0 Å². The number of phenols is 1. The van der Waals surface area contributed by atoms with Gasteiger partial charge in [0.1, 0.15) is 18.2 Å². The monoisotopic (exact) mass is 290 g/mol. The predicted octanol–water partition coefficient (Wildman–Crippen LogP) is 1.74. The van der Waals surface area contributed by atoms with Crippen LogP contribution in [0.4, 0.5) is 4.39 Å². The Morgan fingerprint density at radius 1 is 1.42 bits per heavy atom. The van der Waals surface area contributed by atoms with Crippen molar-refractivity contribution in [2.45, 2.75) is 6.04 Å². The first-order chi connectivity index (χ1) is 8.76. The fourth-order valence-electron chi connectivity index (χ4n) is 2.30. The van der Waals surface area contributed by atoms with Crippen LogP contribution in [0.2, 0.25) is 0 Å². The Labute approximate surface area is 119 Å². The van der Waals surface area contributed by atoms with Crippen LogP contribution >= 0.6 is 12.4 Å². The Morgan fingerprint density at radius 2 is 2.11 bits per heavy atom. The summed E-state index contributed by atoms with van der Waals surface area (Å²) in [6, 6.07) is 4.54. The highest BCUT2D eigenvalue weighted by atomic mass is 35.5. The molecule has 19 heavy (non-hydrogen) atoms. The summed E-state index contributed by atoms with van der Waals surface area (Å²) in [6.45, 7) is 2.75. The Kier molecular flexibility index (Phi) is 6.34. The second kappa shape index (κ2) is 7.53. The van der Waals surface area contributed by atoms with Crippen LogP contribution in [0.25, 0.3) is 0 Å². The minimum atomic E-state index is -0.513. The molecule has 0 aromatic heterocycles. The fraction of sp³-hybridized carbons (Fsp3) is 0.538. The quantitative estimate of drug-likeness (QED) is 0.887. The lowest BCUT2D eigenvalue weighted by Crippen LogP contribution is -2.45. The van der Waals surface area contributed by atoms with Crippen molar-refractivity contribution in [2.24, 2.45) is 0 Å². The second-order valence-corrected chi connectivity index (χ2v) is 4.38. The molecule has 4 nitrogen and oxygen atoms in total. The minimum absolute atomic E-state index is 0. The average Bonchev–Trinajstić information content (AvgIpc) is 2.43. The van der Waals surface area contributed by atoms with E-state index in [-0.39, 0.29) is 18.2 Å². The highest BCUT2D eigenvalue weighted by molar-refractivity contribution is 5.85. The van der Waals surface area contributed by atoms with E-state index in [0.717, 1.165) is 26.2 Å². The van der Waals surface area contributed by atoms with Crippen molar-refractivity contribution in [1.29, 1.82) is 0 Å². The van der Waals surface area contributed by atoms with E-state index >= 15 is 0 Å². The molecule has 1 aliphatic rings. The molecule has 108 valence electrons. The van der Waals surface area contributed by atoms with E-state index in [1.807, 2.05) is 4.90 Å². The first kappa shape index (κ1) is 16.0. The van der Waals surface area contributed by atoms with Crippen molar-refractivity contribution in [3.8, 4) is 11.5 Å². The molecule has 6 heteroatoms. The fourth-order valence-corrected chi connectivity index (χ4v) is 2.30. The SMILES string of the molecule is COc1ccc(O)c([C@@H](CF)N2CCNCC2)c1.Cl. The molecule has 0 spiro atoms. The molecule has 1 fully saturated rings. The highest BCUT2D eigenvalue weighted by Crippen LogP contribution is 2.32. The van der Waals surface area contributed by atoms with Gasteiger partial charge in [-0.2, -0.15) is 0 Å². The van der Waals surface area contributed by atoms with Crippen LogP contribution in [-0.4, -0.2) is 50.0 Å². The van der Waals surface area contributed by atoms with Crippen LogP contribution in [0.1, 0.15) is 11.6 Å². The van der Waals surface area contributed by atoms with Gasteiger partial charge in [-0.05, 0) is 18.2 Å². The number of nitrogens with zero attached hydrogens (tertiary/aromatic N) is 1. The van der Waals surface area contributed by atoms with Gasteiger partial charge in [-0.1, -0.05) is 0 Å². The summed E-state index contributed by atoms with van der Waals surface area (Å²) in [4.78, 5) is 2.05. The largest absolute Gasteiger partial charge is 0.508 e. The van der Waals surface area contributed by atoms with Gasteiger partial charge in [0.25, 0.3) is 0 Å². The zero-order valence-electron chi connectivity index (χ0n) is 10.9. The number of aromatic hydroxyl groups is 1. The predicted molar refractivity (Wildman–Crippen MR) is 75.1 cm³/mol. The molecule has 1 aromatic rings. The molecule has 1 heterocycles. The number of benzene rings is 1. The van der Waals surface area contributed by atoms with Gasteiger partial charge >= 0.3 is 0 Å². The molecule has 1 aromatic carbocycles. The van der Waals surface area contributed by atoms with E-state index in [2.05, 4.69) is 5.32 Å². The summed E-state index contributed by atoms with van der Waals surface area (Å²) in [6.07, 6.45) is 0. The van der Waals surface area contributed by atoms with Crippen LogP contribution in [0.5, 0.6) is 11.5 Å². The Morgan fingerprint density at radius 3 is 2.68 bits per heavy atom. The molecule has 0 aliphatic carbocycles. The summed E-state index contributed by atoms with van der Waals surface area (Å²) in [5.74, 6) is 0.758. The highest BCUT2D eigenvalue weighted by Gasteiger charge is 2.24. The number of ether oxygens (including phenoxy) is 1. The lowest BCUT2D eigenvalue weighted by atomic mass is 10.0. The Balaban J connectivity index is 0.00000180. The second-order valence-electron chi connectivity index (χ2n) is 4.38. The van der Waals surface area contributed by atoms with Crippen LogP contribution in [0.15, 0.2) is 18.2 Å². The zero-order valence-corrected chi connectivity index (χ0v) is 11.8. The summed E-state index contributed by atoms with van der Waals surface area (Å²) >= 11 is 0. The van der Waals surface area contributed by atoms with E-state index < -0.39 is 12.7 Å². The maximum atomic E-state index is 13.3. The third-order valence-corrected chi connectivity index (χ3v) is 3.33. The van der Waals surface area contributed by atoms with Crippen molar-refractivity contribution in [1.82, 2.24) is 10.2 Å². The van der Waals surface area contributed by atoms with Crippen LogP contribution in [-0.2, 0) is 0 Å². The van der Waals surface area contributed by atoms with Crippen LogP contribution in [0, 0.1) is 0 Å². The molecule has 0 radical (unpaired) electrons. The maximum absolute atomic E-state index is 13.3. The van der Waals surface area contributed by atoms with Gasteiger partial charge in [-0.25, -0.2) is 4.39 Å². The third-order valence-electron chi connectivity index (χ3n) is 3.33. The molecule has 1 aliphatic heterocycles. The van der Waals surface area contributed by atoms with Gasteiger partial charge in [-0.3, -0.25) is 4.90 Å². The zero-order chi connectivity index (χ0) is 13.0. The number of rotatable bonds is 4. The number of alkyl halides is 1. The van der Waals surface area contributed by atoms with Crippen molar-refractivity contribution in [3.05, 3.63) is 23.8 Å². The van der Waals surface area contributed by atoms with Gasteiger partial charge in [0.15, 0.2) is 0 Å². The summed E-state index contributed by atoms with van der Waals surface area (Å²) in [5.41, 5.74) is 0.596. The Hall–Kier alpha value is -1.04. The van der Waals surface area contributed by atoms with E-state index in [4.69, 9.17) is 4.74 Å². The first-order valence-corrected chi connectivity index (χ1v) is 6.14. The normalized spacial score (nSPS) is 17.6. The molecule has 0 amide bonds.